The van der Waals surface area contributed by atoms with Crippen LogP contribution >= 0.6 is 11.3 Å². The lowest BCUT2D eigenvalue weighted by atomic mass is 9.81. The highest BCUT2D eigenvalue weighted by molar-refractivity contribution is 7.89. The summed E-state index contributed by atoms with van der Waals surface area (Å²) >= 11 is 1.68. The van der Waals surface area contributed by atoms with Gasteiger partial charge in [-0.25, -0.2) is 13.6 Å². The summed E-state index contributed by atoms with van der Waals surface area (Å²) in [6.45, 7) is 4.11. The fraction of sp³-hybridized carbons (Fsp3) is 0.444. The number of aliphatic hydroxyl groups is 1. The number of nitrogens with two attached hydrogens (primary N) is 1. The Hall–Kier alpha value is -1.25. The minimum Gasteiger partial charge on any atom is -0.382 e. The Morgan fingerprint density at radius 3 is 2.64 bits per heavy atom. The highest BCUT2D eigenvalue weighted by atomic mass is 32.2. The quantitative estimate of drug-likeness (QED) is 0.833. The van der Waals surface area contributed by atoms with Gasteiger partial charge in [-0.3, -0.25) is 0 Å². The predicted octanol–water partition coefficient (Wildman–Crippen LogP) is 2.62. The Bertz CT molecular complexity index is 844. The van der Waals surface area contributed by atoms with Gasteiger partial charge < -0.3 is 9.84 Å². The van der Waals surface area contributed by atoms with Crippen molar-refractivity contribution in [3.63, 3.8) is 0 Å². The molecule has 1 aromatic heterocycles. The van der Waals surface area contributed by atoms with Crippen LogP contribution in [0.5, 0.6) is 0 Å². The first-order valence-electron chi connectivity index (χ1n) is 8.18. The lowest BCUT2D eigenvalue weighted by Gasteiger charge is -2.30. The van der Waals surface area contributed by atoms with Gasteiger partial charge in [-0.05, 0) is 48.4 Å². The fourth-order valence-corrected chi connectivity index (χ4v) is 4.64. The molecule has 0 amide bonds. The van der Waals surface area contributed by atoms with E-state index < -0.39 is 20.9 Å². The van der Waals surface area contributed by atoms with Crippen molar-refractivity contribution in [2.24, 2.45) is 11.1 Å². The molecule has 136 valence electrons. The van der Waals surface area contributed by atoms with Gasteiger partial charge in [-0.1, -0.05) is 24.3 Å². The lowest BCUT2D eigenvalue weighted by molar-refractivity contribution is -0.00577. The van der Waals surface area contributed by atoms with E-state index in [9.17, 15) is 13.5 Å². The van der Waals surface area contributed by atoms with E-state index in [0.29, 0.717) is 6.61 Å². The van der Waals surface area contributed by atoms with Crippen LogP contribution in [0.2, 0.25) is 0 Å². The van der Waals surface area contributed by atoms with E-state index in [4.69, 9.17) is 9.88 Å². The van der Waals surface area contributed by atoms with E-state index in [1.165, 1.54) is 10.4 Å². The van der Waals surface area contributed by atoms with Crippen LogP contribution in [0.25, 0.3) is 10.4 Å². The van der Waals surface area contributed by atoms with Gasteiger partial charge in [0.1, 0.15) is 5.60 Å². The fourth-order valence-electron chi connectivity index (χ4n) is 3.24. The number of hydrogen-bond acceptors (Lipinski definition) is 5. The summed E-state index contributed by atoms with van der Waals surface area (Å²) < 4.78 is 28.5. The van der Waals surface area contributed by atoms with Crippen molar-refractivity contribution in [1.82, 2.24) is 0 Å². The lowest BCUT2D eigenvalue weighted by Crippen LogP contribution is -2.38. The van der Waals surface area contributed by atoms with Gasteiger partial charge in [-0.2, -0.15) is 0 Å². The van der Waals surface area contributed by atoms with Crippen LogP contribution in [0.15, 0.2) is 35.7 Å². The third-order valence-electron chi connectivity index (χ3n) is 4.89. The van der Waals surface area contributed by atoms with Gasteiger partial charge in [0, 0.05) is 10.8 Å². The SMILES string of the molecule is Cc1csc(-c2ccc(C3(O)COCC3CC(C)S(N)(=O)=O)cc2)c1. The monoisotopic (exact) mass is 381 g/mol. The Labute approximate surface area is 152 Å². The second kappa shape index (κ2) is 6.81. The second-order valence-corrected chi connectivity index (χ2v) is 9.73. The van der Waals surface area contributed by atoms with Crippen molar-refractivity contribution in [2.45, 2.75) is 31.1 Å². The molecule has 0 spiro atoms. The van der Waals surface area contributed by atoms with E-state index in [1.54, 1.807) is 18.3 Å². The van der Waals surface area contributed by atoms with Gasteiger partial charge in [-0.15, -0.1) is 11.3 Å². The average molecular weight is 382 g/mol. The molecule has 3 N–H and O–H groups in total. The molecule has 7 heteroatoms. The summed E-state index contributed by atoms with van der Waals surface area (Å²) in [4.78, 5) is 1.18. The van der Waals surface area contributed by atoms with E-state index >= 15 is 0 Å². The summed E-state index contributed by atoms with van der Waals surface area (Å²) in [6, 6.07) is 9.89. The Morgan fingerprint density at radius 1 is 1.40 bits per heavy atom. The maximum absolute atomic E-state index is 11.5. The van der Waals surface area contributed by atoms with Crippen molar-refractivity contribution in [1.29, 1.82) is 0 Å². The maximum atomic E-state index is 11.5. The van der Waals surface area contributed by atoms with Crippen LogP contribution in [0, 0.1) is 12.8 Å². The number of sulfonamides is 1. The molecule has 2 aromatic rings. The highest BCUT2D eigenvalue weighted by Crippen LogP contribution is 2.39. The zero-order valence-corrected chi connectivity index (χ0v) is 15.9. The van der Waals surface area contributed by atoms with Gasteiger partial charge >= 0.3 is 0 Å². The molecule has 1 fully saturated rings. The first-order valence-corrected chi connectivity index (χ1v) is 10.7. The van der Waals surface area contributed by atoms with Gasteiger partial charge in [0.25, 0.3) is 0 Å². The molecular weight excluding hydrogens is 358 g/mol. The van der Waals surface area contributed by atoms with Crippen molar-refractivity contribution in [3.05, 3.63) is 46.8 Å². The number of benzene rings is 1. The molecule has 1 aliphatic heterocycles. The van der Waals surface area contributed by atoms with Crippen LogP contribution in [0.1, 0.15) is 24.5 Å². The van der Waals surface area contributed by atoms with Crippen molar-refractivity contribution >= 4 is 21.4 Å². The topological polar surface area (TPSA) is 89.6 Å². The third-order valence-corrected chi connectivity index (χ3v) is 7.30. The molecule has 0 aliphatic carbocycles. The largest absolute Gasteiger partial charge is 0.382 e. The van der Waals surface area contributed by atoms with Gasteiger partial charge in [0.2, 0.25) is 10.0 Å². The molecule has 1 aliphatic rings. The summed E-state index contributed by atoms with van der Waals surface area (Å²) in [5.41, 5.74) is 1.87. The Morgan fingerprint density at radius 2 is 2.08 bits per heavy atom. The molecule has 2 heterocycles. The number of thiophene rings is 1. The van der Waals surface area contributed by atoms with Crippen LogP contribution in [-0.4, -0.2) is 32.0 Å². The molecular formula is C18H23NO4S2. The molecule has 0 radical (unpaired) electrons. The highest BCUT2D eigenvalue weighted by Gasteiger charge is 2.45. The van der Waals surface area contributed by atoms with Gasteiger partial charge in [0.05, 0.1) is 18.5 Å². The molecule has 25 heavy (non-hydrogen) atoms. The number of ether oxygens (including phenoxy) is 1. The minimum atomic E-state index is -3.63. The standard InChI is InChI=1S/C18H23NO4S2/c1-12-7-17(24-10-12)14-3-5-15(6-4-14)18(20)11-23-9-16(18)8-13(2)25(19,21)22/h3-7,10,13,16,20H,8-9,11H2,1-2H3,(H2,19,21,22). The first-order chi connectivity index (χ1) is 11.7. The minimum absolute atomic E-state index is 0.159. The van der Waals surface area contributed by atoms with Crippen molar-refractivity contribution in [3.8, 4) is 10.4 Å². The summed E-state index contributed by atoms with van der Waals surface area (Å²) in [7, 11) is -3.63. The molecule has 5 nitrogen and oxygen atoms in total. The van der Waals surface area contributed by atoms with Crippen LogP contribution in [0.3, 0.4) is 0 Å². The molecule has 3 atom stereocenters. The predicted molar refractivity (Wildman–Crippen MR) is 99.9 cm³/mol. The molecule has 0 saturated carbocycles. The van der Waals surface area contributed by atoms with Crippen LogP contribution in [-0.2, 0) is 20.4 Å². The van der Waals surface area contributed by atoms with Crippen molar-refractivity contribution in [2.75, 3.05) is 13.2 Å². The molecule has 1 saturated heterocycles. The Balaban J connectivity index is 1.83. The second-order valence-electron chi connectivity index (χ2n) is 6.84. The molecule has 3 rings (SSSR count). The molecule has 3 unspecified atom stereocenters. The number of hydrogen-bond donors (Lipinski definition) is 2. The van der Waals surface area contributed by atoms with E-state index in [2.05, 4.69) is 18.4 Å². The average Bonchev–Trinajstić information content (AvgIpc) is 3.14. The first kappa shape index (κ1) is 18.5. The van der Waals surface area contributed by atoms with E-state index in [-0.39, 0.29) is 18.9 Å². The zero-order chi connectivity index (χ0) is 18.2. The smallest absolute Gasteiger partial charge is 0.211 e. The van der Waals surface area contributed by atoms with Crippen LogP contribution in [0.4, 0.5) is 0 Å². The normalized spacial score (nSPS) is 25.2. The Kier molecular flexibility index (Phi) is 5.05. The summed E-state index contributed by atoms with van der Waals surface area (Å²) in [6.07, 6.45) is 0.265. The number of rotatable bonds is 5. The number of aryl methyl sites for hydroxylation is 1. The maximum Gasteiger partial charge on any atom is 0.211 e. The van der Waals surface area contributed by atoms with E-state index in [1.807, 2.05) is 24.3 Å². The summed E-state index contributed by atoms with van der Waals surface area (Å²) in [5.74, 6) is -0.310. The van der Waals surface area contributed by atoms with Crippen LogP contribution < -0.4 is 5.14 Å². The summed E-state index contributed by atoms with van der Waals surface area (Å²) in [5, 5.41) is 17.7. The third kappa shape index (κ3) is 3.80. The van der Waals surface area contributed by atoms with E-state index in [0.717, 1.165) is 11.1 Å². The van der Waals surface area contributed by atoms with Gasteiger partial charge in [0.15, 0.2) is 0 Å². The zero-order valence-electron chi connectivity index (χ0n) is 14.3. The number of primary sulfonamides is 1. The molecule has 0 bridgehead atoms. The van der Waals surface area contributed by atoms with Crippen molar-refractivity contribution < 1.29 is 18.3 Å². The molecule has 1 aromatic carbocycles.